The van der Waals surface area contributed by atoms with Gasteiger partial charge in [-0.1, -0.05) is 18.2 Å². The zero-order valence-corrected chi connectivity index (χ0v) is 16.1. The van der Waals surface area contributed by atoms with Crippen LogP contribution in [0, 0.1) is 0 Å². The molecule has 0 spiro atoms. The molecule has 1 atom stereocenters. The van der Waals surface area contributed by atoms with Gasteiger partial charge in [0.1, 0.15) is 5.82 Å². The summed E-state index contributed by atoms with van der Waals surface area (Å²) in [4.78, 5) is 34.0. The van der Waals surface area contributed by atoms with E-state index in [0.717, 1.165) is 15.4 Å². The summed E-state index contributed by atoms with van der Waals surface area (Å²) in [5.74, 6) is 0.225. The Morgan fingerprint density at radius 1 is 1.27 bits per heavy atom. The van der Waals surface area contributed by atoms with Crippen LogP contribution < -0.4 is 5.32 Å². The number of anilines is 1. The van der Waals surface area contributed by atoms with E-state index in [9.17, 15) is 9.59 Å². The Kier molecular flexibility index (Phi) is 5.49. The smallest absolute Gasteiger partial charge is 0.239 e. The fourth-order valence-electron chi connectivity index (χ4n) is 2.70. The number of hydrogen-bond acceptors (Lipinski definition) is 4. The first-order chi connectivity index (χ1) is 12.5. The van der Waals surface area contributed by atoms with Gasteiger partial charge in [-0.25, -0.2) is 4.98 Å². The maximum atomic E-state index is 12.8. The fourth-order valence-corrected chi connectivity index (χ4v) is 2.93. The quantitative estimate of drug-likeness (QED) is 0.605. The van der Waals surface area contributed by atoms with Gasteiger partial charge in [0.05, 0.1) is 12.6 Å². The van der Waals surface area contributed by atoms with Gasteiger partial charge in [0.25, 0.3) is 0 Å². The van der Waals surface area contributed by atoms with Gasteiger partial charge in [0.2, 0.25) is 5.91 Å². The van der Waals surface area contributed by atoms with Crippen LogP contribution in [-0.4, -0.2) is 46.2 Å². The number of nitrogens with one attached hydrogen (secondary N) is 2. The van der Waals surface area contributed by atoms with Crippen LogP contribution in [0.2, 0.25) is 0 Å². The Bertz CT molecular complexity index is 936. The summed E-state index contributed by atoms with van der Waals surface area (Å²) in [6, 6.07) is 10.7. The number of nitrogens with zero attached hydrogens (tertiary/aromatic N) is 2. The standard InChI is InChI=1S/C19H19BrN4O2/c1-12(19(26)15-10-21-16-6-4-3-5-14(15)16)24(2)11-18(25)23-17-8-7-13(20)9-22-17/h3-10,12,21H,11H2,1-2H3,(H,22,23,25). The summed E-state index contributed by atoms with van der Waals surface area (Å²) >= 11 is 3.30. The lowest BCUT2D eigenvalue weighted by molar-refractivity contribution is -0.117. The number of halogens is 1. The largest absolute Gasteiger partial charge is 0.360 e. The topological polar surface area (TPSA) is 78.1 Å². The molecule has 2 heterocycles. The third-order valence-corrected chi connectivity index (χ3v) is 4.75. The number of aromatic amines is 1. The first kappa shape index (κ1) is 18.3. The Labute approximate surface area is 159 Å². The number of likely N-dealkylation sites (N-methyl/N-ethyl adjacent to an activating group) is 1. The molecule has 3 aromatic rings. The number of carbonyl (C=O) groups is 2. The summed E-state index contributed by atoms with van der Waals surface area (Å²) in [5.41, 5.74) is 1.56. The van der Waals surface area contributed by atoms with Crippen LogP contribution in [0.4, 0.5) is 5.82 Å². The van der Waals surface area contributed by atoms with E-state index < -0.39 is 6.04 Å². The van der Waals surface area contributed by atoms with Crippen molar-refractivity contribution in [2.24, 2.45) is 0 Å². The van der Waals surface area contributed by atoms with Crippen molar-refractivity contribution in [2.45, 2.75) is 13.0 Å². The van der Waals surface area contributed by atoms with Crippen molar-refractivity contribution in [1.82, 2.24) is 14.9 Å². The first-order valence-electron chi connectivity index (χ1n) is 8.17. The number of Topliss-reactive ketones (excluding diaryl/α,β-unsaturated/α-hetero) is 1. The van der Waals surface area contributed by atoms with Gasteiger partial charge in [-0.15, -0.1) is 0 Å². The van der Waals surface area contributed by atoms with Crippen molar-refractivity contribution >= 4 is 44.3 Å². The highest BCUT2D eigenvalue weighted by Gasteiger charge is 2.23. The van der Waals surface area contributed by atoms with Gasteiger partial charge in [0, 0.05) is 33.3 Å². The molecule has 0 radical (unpaired) electrons. The summed E-state index contributed by atoms with van der Waals surface area (Å²) in [6.45, 7) is 1.89. The monoisotopic (exact) mass is 414 g/mol. The van der Waals surface area contributed by atoms with Crippen LogP contribution in [0.1, 0.15) is 17.3 Å². The van der Waals surface area contributed by atoms with Crippen molar-refractivity contribution in [2.75, 3.05) is 18.9 Å². The molecular formula is C19H19BrN4O2. The van der Waals surface area contributed by atoms with Crippen molar-refractivity contribution in [1.29, 1.82) is 0 Å². The van der Waals surface area contributed by atoms with E-state index in [1.165, 1.54) is 0 Å². The van der Waals surface area contributed by atoms with E-state index in [0.29, 0.717) is 11.4 Å². The highest BCUT2D eigenvalue weighted by Crippen LogP contribution is 2.20. The maximum absolute atomic E-state index is 12.8. The van der Waals surface area contributed by atoms with Crippen LogP contribution in [0.3, 0.4) is 0 Å². The molecule has 1 amide bonds. The summed E-state index contributed by atoms with van der Waals surface area (Å²) in [7, 11) is 1.76. The van der Waals surface area contributed by atoms with Gasteiger partial charge >= 0.3 is 0 Å². The molecule has 0 aliphatic rings. The molecule has 0 saturated carbocycles. The second kappa shape index (κ2) is 7.80. The molecule has 2 N–H and O–H groups in total. The minimum atomic E-state index is -0.433. The number of para-hydroxylation sites is 1. The average Bonchev–Trinajstić information content (AvgIpc) is 3.06. The lowest BCUT2D eigenvalue weighted by Crippen LogP contribution is -2.41. The number of pyridine rings is 1. The highest BCUT2D eigenvalue weighted by molar-refractivity contribution is 9.10. The third-order valence-electron chi connectivity index (χ3n) is 4.28. The Hall–Kier alpha value is -2.51. The minimum absolute atomic E-state index is 0.0282. The SMILES string of the molecule is CC(C(=O)c1c[nH]c2ccccc12)N(C)CC(=O)Nc1ccc(Br)cn1. The van der Waals surface area contributed by atoms with E-state index >= 15 is 0 Å². The van der Waals surface area contributed by atoms with Crippen molar-refractivity contribution < 1.29 is 9.59 Å². The minimum Gasteiger partial charge on any atom is -0.360 e. The predicted molar refractivity (Wildman–Crippen MR) is 105 cm³/mol. The highest BCUT2D eigenvalue weighted by atomic mass is 79.9. The molecular weight excluding hydrogens is 396 g/mol. The number of aromatic nitrogens is 2. The van der Waals surface area contributed by atoms with Crippen molar-refractivity contribution in [3.05, 3.63) is 58.8 Å². The summed E-state index contributed by atoms with van der Waals surface area (Å²) in [5, 5.41) is 3.62. The van der Waals surface area contributed by atoms with Crippen LogP contribution in [0.25, 0.3) is 10.9 Å². The number of fused-ring (bicyclic) bond motifs is 1. The number of rotatable bonds is 6. The zero-order chi connectivity index (χ0) is 18.7. The molecule has 7 heteroatoms. The van der Waals surface area contributed by atoms with Crippen LogP contribution >= 0.6 is 15.9 Å². The normalized spacial score (nSPS) is 12.3. The Morgan fingerprint density at radius 2 is 2.04 bits per heavy atom. The number of amides is 1. The van der Waals surface area contributed by atoms with Crippen LogP contribution in [-0.2, 0) is 4.79 Å². The second-order valence-electron chi connectivity index (χ2n) is 6.11. The van der Waals surface area contributed by atoms with Crippen molar-refractivity contribution in [3.8, 4) is 0 Å². The lowest BCUT2D eigenvalue weighted by atomic mass is 10.0. The molecule has 1 aromatic carbocycles. The van der Waals surface area contributed by atoms with Gasteiger partial charge in [0.15, 0.2) is 5.78 Å². The van der Waals surface area contributed by atoms with E-state index in [1.807, 2.05) is 24.3 Å². The lowest BCUT2D eigenvalue weighted by Gasteiger charge is -2.22. The number of H-pyrrole nitrogens is 1. The zero-order valence-electron chi connectivity index (χ0n) is 14.5. The summed E-state index contributed by atoms with van der Waals surface area (Å²) < 4.78 is 0.838. The van der Waals surface area contributed by atoms with Gasteiger partial charge in [-0.2, -0.15) is 0 Å². The van der Waals surface area contributed by atoms with E-state index in [-0.39, 0.29) is 18.2 Å². The van der Waals surface area contributed by atoms with Gasteiger partial charge < -0.3 is 10.3 Å². The maximum Gasteiger partial charge on any atom is 0.239 e. The van der Waals surface area contributed by atoms with E-state index in [1.54, 1.807) is 43.4 Å². The van der Waals surface area contributed by atoms with Gasteiger partial charge in [-0.3, -0.25) is 14.5 Å². The molecule has 3 rings (SSSR count). The second-order valence-corrected chi connectivity index (χ2v) is 7.03. The number of carbonyl (C=O) groups excluding carboxylic acids is 2. The third kappa shape index (κ3) is 4.00. The fraction of sp³-hybridized carbons (Fsp3) is 0.211. The molecule has 0 aliphatic heterocycles. The number of hydrogen-bond donors (Lipinski definition) is 2. The van der Waals surface area contributed by atoms with E-state index in [2.05, 4.69) is 31.2 Å². The van der Waals surface area contributed by atoms with E-state index in [4.69, 9.17) is 0 Å². The molecule has 1 unspecified atom stereocenters. The van der Waals surface area contributed by atoms with Gasteiger partial charge in [-0.05, 0) is 48.1 Å². The number of ketones is 1. The Morgan fingerprint density at radius 3 is 2.77 bits per heavy atom. The predicted octanol–water partition coefficient (Wildman–Crippen LogP) is 3.47. The number of benzene rings is 1. The average molecular weight is 415 g/mol. The molecule has 2 aromatic heterocycles. The first-order valence-corrected chi connectivity index (χ1v) is 8.97. The molecule has 0 bridgehead atoms. The van der Waals surface area contributed by atoms with Crippen LogP contribution in [0.15, 0.2) is 53.3 Å². The van der Waals surface area contributed by atoms with Crippen molar-refractivity contribution in [3.63, 3.8) is 0 Å². The molecule has 26 heavy (non-hydrogen) atoms. The molecule has 6 nitrogen and oxygen atoms in total. The molecule has 0 fully saturated rings. The Balaban J connectivity index is 1.65. The summed E-state index contributed by atoms with van der Waals surface area (Å²) in [6.07, 6.45) is 3.34. The molecule has 0 aliphatic carbocycles. The molecule has 0 saturated heterocycles. The molecule has 134 valence electrons. The van der Waals surface area contributed by atoms with Crippen LogP contribution in [0.5, 0.6) is 0 Å².